The van der Waals surface area contributed by atoms with Gasteiger partial charge in [0, 0.05) is 65.1 Å². The smallest absolute Gasteiger partial charge is 0.319 e. The van der Waals surface area contributed by atoms with Gasteiger partial charge in [0.25, 0.3) is 5.91 Å². The molecule has 4 rings (SSSR count). The molecule has 2 aromatic heterocycles. The zero-order chi connectivity index (χ0) is 19.7. The van der Waals surface area contributed by atoms with Gasteiger partial charge in [-0.15, -0.1) is 0 Å². The number of fused-ring (bicyclic) bond motifs is 1. The lowest BCUT2D eigenvalue weighted by atomic mass is 10.2. The number of carbonyl (C=O) groups excluding carboxylic acids is 2. The molecular weight excluding hydrogens is 358 g/mol. The van der Waals surface area contributed by atoms with Crippen molar-refractivity contribution in [3.05, 3.63) is 36.0 Å². The van der Waals surface area contributed by atoms with E-state index < -0.39 is 0 Å². The SMILES string of the molecule is CN(C)C(=O)N1CCN(c2ccc3ccc(C(=O)N4CCOCC4)cn23)CC1. The van der Waals surface area contributed by atoms with Gasteiger partial charge in [0.1, 0.15) is 5.82 Å². The fourth-order valence-corrected chi connectivity index (χ4v) is 3.83. The third-order valence-electron chi connectivity index (χ3n) is 5.43. The van der Waals surface area contributed by atoms with Gasteiger partial charge in [-0.2, -0.15) is 0 Å². The van der Waals surface area contributed by atoms with Crippen molar-refractivity contribution in [2.24, 2.45) is 0 Å². The summed E-state index contributed by atoms with van der Waals surface area (Å²) >= 11 is 0. The van der Waals surface area contributed by atoms with Crippen molar-refractivity contribution in [2.45, 2.75) is 0 Å². The number of aromatic nitrogens is 1. The largest absolute Gasteiger partial charge is 0.378 e. The Kier molecular flexibility index (Phi) is 5.13. The molecule has 0 unspecified atom stereocenters. The summed E-state index contributed by atoms with van der Waals surface area (Å²) in [5.41, 5.74) is 1.74. The lowest BCUT2D eigenvalue weighted by molar-refractivity contribution is 0.0302. The summed E-state index contributed by atoms with van der Waals surface area (Å²) in [4.78, 5) is 32.6. The third kappa shape index (κ3) is 3.52. The molecule has 0 aliphatic carbocycles. The summed E-state index contributed by atoms with van der Waals surface area (Å²) in [5, 5.41) is 0. The summed E-state index contributed by atoms with van der Waals surface area (Å²) in [6.45, 7) is 5.39. The molecule has 0 saturated carbocycles. The zero-order valence-corrected chi connectivity index (χ0v) is 16.5. The molecule has 2 saturated heterocycles. The summed E-state index contributed by atoms with van der Waals surface area (Å²) in [6.07, 6.45) is 1.93. The van der Waals surface area contributed by atoms with Crippen molar-refractivity contribution < 1.29 is 14.3 Å². The first-order valence-corrected chi connectivity index (χ1v) is 9.74. The molecule has 2 aliphatic rings. The quantitative estimate of drug-likeness (QED) is 0.780. The number of morpholine rings is 1. The first kappa shape index (κ1) is 18.6. The molecule has 0 aromatic carbocycles. The number of nitrogens with zero attached hydrogens (tertiary/aromatic N) is 5. The van der Waals surface area contributed by atoms with E-state index in [-0.39, 0.29) is 11.9 Å². The van der Waals surface area contributed by atoms with Gasteiger partial charge in [-0.05, 0) is 24.3 Å². The summed E-state index contributed by atoms with van der Waals surface area (Å²) in [6, 6.07) is 8.09. The standard InChI is InChI=1S/C20H27N5O3/c1-21(2)20(27)24-9-7-22(8-10-24)18-6-5-17-4-3-16(15-25(17)18)19(26)23-11-13-28-14-12-23/h3-6,15H,7-14H2,1-2H3. The predicted molar refractivity (Wildman–Crippen MR) is 107 cm³/mol. The summed E-state index contributed by atoms with van der Waals surface area (Å²) in [7, 11) is 3.56. The highest BCUT2D eigenvalue weighted by molar-refractivity contribution is 5.94. The van der Waals surface area contributed by atoms with E-state index in [1.165, 1.54) is 0 Å². The molecule has 0 N–H and O–H groups in total. The van der Waals surface area contributed by atoms with Crippen molar-refractivity contribution in [1.82, 2.24) is 19.1 Å². The van der Waals surface area contributed by atoms with Crippen molar-refractivity contribution in [3.8, 4) is 0 Å². The summed E-state index contributed by atoms with van der Waals surface area (Å²) < 4.78 is 7.43. The number of carbonyl (C=O) groups is 2. The number of anilines is 1. The highest BCUT2D eigenvalue weighted by Crippen LogP contribution is 2.22. The second-order valence-electron chi connectivity index (χ2n) is 7.46. The Morgan fingerprint density at radius 2 is 1.57 bits per heavy atom. The van der Waals surface area contributed by atoms with Crippen LogP contribution in [0.1, 0.15) is 10.4 Å². The number of rotatable bonds is 2. The van der Waals surface area contributed by atoms with Crippen molar-refractivity contribution in [3.63, 3.8) is 0 Å². The first-order chi connectivity index (χ1) is 13.5. The van der Waals surface area contributed by atoms with Crippen LogP contribution in [-0.2, 0) is 4.74 Å². The number of urea groups is 1. The molecule has 0 spiro atoms. The number of hydrogen-bond acceptors (Lipinski definition) is 4. The molecule has 4 heterocycles. The number of amides is 3. The normalized spacial score (nSPS) is 17.9. The van der Waals surface area contributed by atoms with Gasteiger partial charge < -0.3 is 28.7 Å². The average Bonchev–Trinajstić information content (AvgIpc) is 3.16. The molecule has 2 aliphatic heterocycles. The Balaban J connectivity index is 1.52. The maximum atomic E-state index is 12.8. The lowest BCUT2D eigenvalue weighted by Crippen LogP contribution is -2.51. The van der Waals surface area contributed by atoms with Crippen molar-refractivity contribution in [1.29, 1.82) is 0 Å². The minimum atomic E-state index is 0.0475. The second-order valence-corrected chi connectivity index (χ2v) is 7.46. The molecule has 3 amide bonds. The van der Waals surface area contributed by atoms with Crippen molar-refractivity contribution >= 4 is 23.3 Å². The molecule has 28 heavy (non-hydrogen) atoms. The zero-order valence-electron chi connectivity index (χ0n) is 16.5. The highest BCUT2D eigenvalue weighted by atomic mass is 16.5. The summed E-state index contributed by atoms with van der Waals surface area (Å²) in [5.74, 6) is 1.11. The van der Waals surface area contributed by atoms with Gasteiger partial charge in [-0.3, -0.25) is 4.79 Å². The molecular formula is C20H27N5O3. The van der Waals surface area contributed by atoms with Crippen LogP contribution in [0.5, 0.6) is 0 Å². The fraction of sp³-hybridized carbons (Fsp3) is 0.500. The van der Waals surface area contributed by atoms with Gasteiger partial charge >= 0.3 is 6.03 Å². The van der Waals surface area contributed by atoms with Crippen LogP contribution in [0.4, 0.5) is 10.6 Å². The monoisotopic (exact) mass is 385 g/mol. The Hall–Kier alpha value is -2.74. The van der Waals surface area contributed by atoms with Gasteiger partial charge in [0.15, 0.2) is 0 Å². The Morgan fingerprint density at radius 3 is 2.25 bits per heavy atom. The van der Waals surface area contributed by atoms with E-state index >= 15 is 0 Å². The molecule has 0 radical (unpaired) electrons. The minimum Gasteiger partial charge on any atom is -0.378 e. The molecule has 2 fully saturated rings. The van der Waals surface area contributed by atoms with Crippen LogP contribution in [0.25, 0.3) is 5.52 Å². The predicted octanol–water partition coefficient (Wildman–Crippen LogP) is 1.22. The van der Waals surface area contributed by atoms with Gasteiger partial charge in [0.2, 0.25) is 0 Å². The molecule has 8 nitrogen and oxygen atoms in total. The molecule has 0 atom stereocenters. The van der Waals surface area contributed by atoms with Crippen LogP contribution in [-0.4, -0.2) is 97.6 Å². The fourth-order valence-electron chi connectivity index (χ4n) is 3.83. The maximum Gasteiger partial charge on any atom is 0.319 e. The molecule has 150 valence electrons. The molecule has 2 aromatic rings. The van der Waals surface area contributed by atoms with E-state index in [1.807, 2.05) is 28.1 Å². The second kappa shape index (κ2) is 7.71. The van der Waals surface area contributed by atoms with E-state index in [4.69, 9.17) is 4.74 Å². The lowest BCUT2D eigenvalue weighted by Gasteiger charge is -2.36. The maximum absolute atomic E-state index is 12.8. The molecule has 0 bridgehead atoms. The van der Waals surface area contributed by atoms with Crippen LogP contribution in [0, 0.1) is 0 Å². The van der Waals surface area contributed by atoms with Gasteiger partial charge in [-0.25, -0.2) is 4.79 Å². The van der Waals surface area contributed by atoms with E-state index in [1.54, 1.807) is 19.0 Å². The number of ether oxygens (including phenoxy) is 1. The Bertz CT molecular complexity index is 864. The van der Waals surface area contributed by atoms with E-state index in [0.29, 0.717) is 45.0 Å². The first-order valence-electron chi connectivity index (χ1n) is 9.74. The Morgan fingerprint density at radius 1 is 0.893 bits per heavy atom. The van der Waals surface area contributed by atoms with Crippen LogP contribution in [0.3, 0.4) is 0 Å². The average molecular weight is 385 g/mol. The minimum absolute atomic E-state index is 0.0475. The topological polar surface area (TPSA) is 60.7 Å². The van der Waals surface area contributed by atoms with E-state index in [0.717, 1.165) is 24.4 Å². The van der Waals surface area contributed by atoms with Gasteiger partial charge in [0.05, 0.1) is 18.8 Å². The van der Waals surface area contributed by atoms with Crippen LogP contribution in [0.15, 0.2) is 30.5 Å². The van der Waals surface area contributed by atoms with E-state index in [9.17, 15) is 9.59 Å². The van der Waals surface area contributed by atoms with Crippen LogP contribution < -0.4 is 4.90 Å². The van der Waals surface area contributed by atoms with Crippen LogP contribution >= 0.6 is 0 Å². The van der Waals surface area contributed by atoms with Crippen LogP contribution in [0.2, 0.25) is 0 Å². The number of piperazine rings is 1. The number of pyridine rings is 1. The third-order valence-corrected chi connectivity index (χ3v) is 5.43. The van der Waals surface area contributed by atoms with Gasteiger partial charge in [-0.1, -0.05) is 0 Å². The van der Waals surface area contributed by atoms with Crippen molar-refractivity contribution in [2.75, 3.05) is 71.5 Å². The molecule has 8 heteroatoms. The highest BCUT2D eigenvalue weighted by Gasteiger charge is 2.24. The van der Waals surface area contributed by atoms with E-state index in [2.05, 4.69) is 21.4 Å². The Labute approximate surface area is 164 Å². The number of hydrogen-bond donors (Lipinski definition) is 0.